The van der Waals surface area contributed by atoms with E-state index in [0.29, 0.717) is 23.0 Å². The van der Waals surface area contributed by atoms with Crippen LogP contribution in [0.3, 0.4) is 0 Å². The molecule has 0 fully saturated rings. The minimum atomic E-state index is -0.463. The third kappa shape index (κ3) is 5.40. The van der Waals surface area contributed by atoms with Gasteiger partial charge in [-0.1, -0.05) is 170 Å². The monoisotopic (exact) mass is 740 g/mol. The number of para-hydroxylation sites is 2. The van der Waals surface area contributed by atoms with E-state index >= 15 is 0 Å². The zero-order valence-electron chi connectivity index (χ0n) is 36.5. The molecule has 56 heavy (non-hydrogen) atoms. The molecule has 0 radical (unpaired) electrons. The summed E-state index contributed by atoms with van der Waals surface area (Å²) in [6, 6.07) is 45.7. The third-order valence-corrected chi connectivity index (χ3v) is 11.3. The summed E-state index contributed by atoms with van der Waals surface area (Å²) in [5.41, 5.74) is 6.92. The lowest BCUT2D eigenvalue weighted by atomic mass is 9.95. The highest BCUT2D eigenvalue weighted by Gasteiger charge is 2.20. The molecule has 0 bridgehead atoms. The maximum absolute atomic E-state index is 8.96. The number of rotatable bonds is 6. The minimum absolute atomic E-state index is 0.0207. The molecule has 0 amide bonds. The van der Waals surface area contributed by atoms with Crippen LogP contribution in [0.4, 0.5) is 0 Å². The second-order valence-electron chi connectivity index (χ2n) is 13.4. The molecule has 3 aromatic heterocycles. The second-order valence-corrected chi connectivity index (χ2v) is 14.4. The van der Waals surface area contributed by atoms with Gasteiger partial charge in [0.1, 0.15) is 11.2 Å². The van der Waals surface area contributed by atoms with Crippen LogP contribution < -0.4 is 0 Å². The minimum Gasteiger partial charge on any atom is -0.455 e. The molecule has 8 aromatic carbocycles. The molecule has 0 saturated heterocycles. The number of fused-ring (bicyclic) bond motifs is 6. The standard InChI is InChI=1S/C51H31N3OS/c1-2-14-32(15-3-1)35-16-4-6-20-42(35)49-52-50(54-51(53-49)44-25-13-24-41-39-19-9-11-27-46(39)56-48(41)44)43-21-7-5-17-36(43)33-28-30-34(31-29-33)37-22-12-23-40-38-18-8-10-26-45(38)55-47(37)40/h1-31H/i8D,10D,12D,18D,22D,23D,26D. The Labute approximate surface area is 336 Å². The van der Waals surface area contributed by atoms with Gasteiger partial charge >= 0.3 is 0 Å². The quantitative estimate of drug-likeness (QED) is 0.170. The maximum Gasteiger partial charge on any atom is 0.165 e. The van der Waals surface area contributed by atoms with Crippen molar-refractivity contribution in [2.24, 2.45) is 0 Å². The fraction of sp³-hybridized carbons (Fsp3) is 0. The maximum atomic E-state index is 8.96. The van der Waals surface area contributed by atoms with Gasteiger partial charge in [0.25, 0.3) is 0 Å². The molecule has 0 aliphatic heterocycles. The SMILES string of the molecule is [2H]c1c([2H])c([2H])c2c(oc3c(-c4ccc(-c5ccccc5-c5nc(-c6ccccc6-c6ccccc6)nc(-c6cccc7c6sc6ccccc67)n5)cc4)c([2H])c([2H])c([2H])c32)c1[2H]. The predicted molar refractivity (Wildman–Crippen MR) is 233 cm³/mol. The van der Waals surface area contributed by atoms with Crippen LogP contribution in [-0.4, -0.2) is 15.0 Å². The van der Waals surface area contributed by atoms with Gasteiger partial charge in [-0.25, -0.2) is 15.0 Å². The van der Waals surface area contributed by atoms with Crippen molar-refractivity contribution in [2.45, 2.75) is 0 Å². The smallest absolute Gasteiger partial charge is 0.165 e. The average molecular weight is 741 g/mol. The van der Waals surface area contributed by atoms with Crippen LogP contribution in [-0.2, 0) is 0 Å². The fourth-order valence-corrected chi connectivity index (χ4v) is 8.70. The molecule has 11 rings (SSSR count). The Bertz CT molecular complexity index is 3660. The highest BCUT2D eigenvalue weighted by Crippen LogP contribution is 2.42. The van der Waals surface area contributed by atoms with Crippen LogP contribution in [0, 0.1) is 0 Å². The van der Waals surface area contributed by atoms with Crippen molar-refractivity contribution in [3.63, 3.8) is 0 Å². The van der Waals surface area contributed by atoms with E-state index in [9.17, 15) is 0 Å². The summed E-state index contributed by atoms with van der Waals surface area (Å²) < 4.78 is 68.4. The van der Waals surface area contributed by atoms with Crippen LogP contribution in [0.1, 0.15) is 9.60 Å². The molecule has 262 valence electrons. The summed E-state index contributed by atoms with van der Waals surface area (Å²) in [4.78, 5) is 15.7. The van der Waals surface area contributed by atoms with Gasteiger partial charge in [-0.05, 0) is 46.0 Å². The van der Waals surface area contributed by atoms with Crippen LogP contribution in [0.15, 0.2) is 192 Å². The van der Waals surface area contributed by atoms with Gasteiger partial charge in [-0.3, -0.25) is 0 Å². The van der Waals surface area contributed by atoms with Gasteiger partial charge in [0, 0.05) is 53.2 Å². The lowest BCUT2D eigenvalue weighted by Gasteiger charge is -2.14. The number of nitrogens with zero attached hydrogens (tertiary/aromatic N) is 3. The van der Waals surface area contributed by atoms with E-state index in [1.54, 1.807) is 11.3 Å². The first-order chi connectivity index (χ1) is 30.7. The Morgan fingerprint density at radius 1 is 0.393 bits per heavy atom. The van der Waals surface area contributed by atoms with Crippen LogP contribution in [0.2, 0.25) is 0 Å². The molecule has 4 nitrogen and oxygen atoms in total. The van der Waals surface area contributed by atoms with Crippen molar-refractivity contribution in [1.82, 2.24) is 15.0 Å². The van der Waals surface area contributed by atoms with Crippen molar-refractivity contribution >= 4 is 53.4 Å². The van der Waals surface area contributed by atoms with Crippen molar-refractivity contribution in [3.8, 4) is 67.5 Å². The summed E-state index contributed by atoms with van der Waals surface area (Å²) >= 11 is 1.71. The molecule has 0 unspecified atom stereocenters. The van der Waals surface area contributed by atoms with Crippen molar-refractivity contribution < 1.29 is 14.0 Å². The second kappa shape index (κ2) is 13.3. The molecular weight excluding hydrogens is 703 g/mol. The van der Waals surface area contributed by atoms with E-state index in [1.807, 2.05) is 91.0 Å². The van der Waals surface area contributed by atoms with Gasteiger partial charge in [-0.15, -0.1) is 11.3 Å². The first-order valence-electron chi connectivity index (χ1n) is 21.6. The van der Waals surface area contributed by atoms with E-state index in [1.165, 1.54) is 10.1 Å². The fourth-order valence-electron chi connectivity index (χ4n) is 7.49. The zero-order chi connectivity index (χ0) is 43.1. The number of aromatic nitrogens is 3. The molecule has 3 heterocycles. The predicted octanol–water partition coefficient (Wildman–Crippen LogP) is 14.1. The highest BCUT2D eigenvalue weighted by atomic mass is 32.1. The number of thiophene rings is 1. The van der Waals surface area contributed by atoms with E-state index < -0.39 is 12.1 Å². The lowest BCUT2D eigenvalue weighted by Crippen LogP contribution is -2.02. The van der Waals surface area contributed by atoms with Crippen molar-refractivity contribution in [3.05, 3.63) is 188 Å². The Hall–Kier alpha value is -7.21. The van der Waals surface area contributed by atoms with Gasteiger partial charge in [-0.2, -0.15) is 0 Å². The molecule has 0 saturated carbocycles. The first-order valence-corrected chi connectivity index (χ1v) is 18.9. The molecule has 0 aliphatic rings. The van der Waals surface area contributed by atoms with Crippen LogP contribution in [0.5, 0.6) is 0 Å². The summed E-state index contributed by atoms with van der Waals surface area (Å²) in [5.74, 6) is 1.56. The zero-order valence-corrected chi connectivity index (χ0v) is 30.3. The largest absolute Gasteiger partial charge is 0.455 e. The molecule has 0 spiro atoms. The highest BCUT2D eigenvalue weighted by molar-refractivity contribution is 7.26. The number of hydrogen-bond donors (Lipinski definition) is 0. The molecule has 0 N–H and O–H groups in total. The summed E-state index contributed by atoms with van der Waals surface area (Å²) in [5, 5.41) is 2.41. The van der Waals surface area contributed by atoms with Crippen LogP contribution >= 0.6 is 11.3 Å². The van der Waals surface area contributed by atoms with Crippen LogP contribution in [0.25, 0.3) is 110 Å². The van der Waals surface area contributed by atoms with Gasteiger partial charge in [0.05, 0.1) is 9.60 Å². The molecule has 11 aromatic rings. The molecule has 0 aliphatic carbocycles. The van der Waals surface area contributed by atoms with Gasteiger partial charge < -0.3 is 4.42 Å². The van der Waals surface area contributed by atoms with E-state index in [-0.39, 0.29) is 57.7 Å². The number of furan rings is 1. The van der Waals surface area contributed by atoms with Gasteiger partial charge in [0.2, 0.25) is 0 Å². The van der Waals surface area contributed by atoms with E-state index in [0.717, 1.165) is 49.0 Å². The topological polar surface area (TPSA) is 51.8 Å². The molecule has 5 heteroatoms. The normalized spacial score (nSPS) is 13.3. The third-order valence-electron chi connectivity index (χ3n) is 10.1. The summed E-state index contributed by atoms with van der Waals surface area (Å²) in [7, 11) is 0. The molecular formula is C51H31N3OS. The Morgan fingerprint density at radius 3 is 1.66 bits per heavy atom. The lowest BCUT2D eigenvalue weighted by molar-refractivity contribution is 0.670. The Morgan fingerprint density at radius 2 is 0.929 bits per heavy atom. The Balaban J connectivity index is 1.09. The summed E-state index contributed by atoms with van der Waals surface area (Å²) in [6.07, 6.45) is 0. The first kappa shape index (κ1) is 25.7. The number of benzene rings is 8. The van der Waals surface area contributed by atoms with Gasteiger partial charge in [0.15, 0.2) is 17.5 Å². The average Bonchev–Trinajstić information content (AvgIpc) is 3.92. The summed E-state index contributed by atoms with van der Waals surface area (Å²) in [6.45, 7) is 0. The van der Waals surface area contributed by atoms with E-state index in [2.05, 4.69) is 54.6 Å². The van der Waals surface area contributed by atoms with Crippen molar-refractivity contribution in [1.29, 1.82) is 0 Å². The Kier molecular flexibility index (Phi) is 6.10. The van der Waals surface area contributed by atoms with E-state index in [4.69, 9.17) is 29.0 Å². The van der Waals surface area contributed by atoms with Crippen molar-refractivity contribution in [2.75, 3.05) is 0 Å². The number of hydrogen-bond acceptors (Lipinski definition) is 5. The molecule has 0 atom stereocenters.